The number of hydrogen-bond acceptors (Lipinski definition) is 5. The number of likely N-dealkylation sites (N-methyl/N-ethyl adjacent to an activating group) is 1. The van der Waals surface area contributed by atoms with E-state index in [-0.39, 0.29) is 17.7 Å². The van der Waals surface area contributed by atoms with E-state index in [1.54, 1.807) is 6.07 Å². The summed E-state index contributed by atoms with van der Waals surface area (Å²) in [6.07, 6.45) is 7.33. The number of phenolic OH excluding ortho intramolecular Hbond substituents is 1. The van der Waals surface area contributed by atoms with Crippen molar-refractivity contribution in [2.45, 2.75) is 29.8 Å². The molecule has 0 unspecified atom stereocenters. The molecule has 2 aliphatic carbocycles. The Morgan fingerprint density at radius 2 is 2.09 bits per heavy atom. The Morgan fingerprint density at radius 3 is 2.91 bits per heavy atom. The van der Waals surface area contributed by atoms with Crippen molar-refractivity contribution >= 4 is 0 Å². The molecule has 3 N–H and O–H groups in total. The molecule has 114 valence electrons. The molecule has 5 nitrogen and oxygen atoms in total. The molecule has 0 saturated carbocycles. The second-order valence-corrected chi connectivity index (χ2v) is 6.80. The van der Waals surface area contributed by atoms with Gasteiger partial charge >= 0.3 is 0 Å². The maximum Gasteiger partial charge on any atom is 0.222 e. The summed E-state index contributed by atoms with van der Waals surface area (Å²) in [5.74, 6) is -1.50. The van der Waals surface area contributed by atoms with E-state index in [9.17, 15) is 15.3 Å². The van der Waals surface area contributed by atoms with Crippen LogP contribution in [0.1, 0.15) is 11.1 Å². The van der Waals surface area contributed by atoms with Crippen LogP contribution in [0.4, 0.5) is 0 Å². The van der Waals surface area contributed by atoms with Gasteiger partial charge in [-0.3, -0.25) is 0 Å². The zero-order valence-corrected chi connectivity index (χ0v) is 12.1. The van der Waals surface area contributed by atoms with Gasteiger partial charge in [-0.2, -0.15) is 0 Å². The first-order valence-electron chi connectivity index (χ1n) is 7.52. The van der Waals surface area contributed by atoms with Crippen LogP contribution in [0.3, 0.4) is 0 Å². The Labute approximate surface area is 127 Å². The normalized spacial score (nSPS) is 38.7. The van der Waals surface area contributed by atoms with E-state index in [2.05, 4.69) is 4.90 Å². The van der Waals surface area contributed by atoms with E-state index < -0.39 is 17.3 Å². The van der Waals surface area contributed by atoms with Crippen LogP contribution in [0.25, 0.3) is 0 Å². The zero-order chi connectivity index (χ0) is 15.3. The smallest absolute Gasteiger partial charge is 0.222 e. The quantitative estimate of drug-likeness (QED) is 0.484. The molecule has 2 aliphatic heterocycles. The van der Waals surface area contributed by atoms with Gasteiger partial charge < -0.3 is 25.0 Å². The average Bonchev–Trinajstić information content (AvgIpc) is 2.83. The second kappa shape index (κ2) is 3.50. The van der Waals surface area contributed by atoms with E-state index >= 15 is 0 Å². The first kappa shape index (κ1) is 12.6. The van der Waals surface area contributed by atoms with E-state index in [4.69, 9.17) is 4.74 Å². The number of ether oxygens (including phenoxy) is 1. The predicted molar refractivity (Wildman–Crippen MR) is 78.4 cm³/mol. The SMILES string of the molecule is CN1C=C[C@]23c4c5ccc(O)c4O[C@H]2C(O)(O)C=C[C@H]3[C@H]1C5. The molecule has 1 spiro atoms. The molecular weight excluding hydrogens is 282 g/mol. The van der Waals surface area contributed by atoms with Crippen molar-refractivity contribution in [3.8, 4) is 11.5 Å². The summed E-state index contributed by atoms with van der Waals surface area (Å²) in [4.78, 5) is 2.17. The maximum absolute atomic E-state index is 10.4. The van der Waals surface area contributed by atoms with E-state index in [1.807, 2.05) is 31.5 Å². The highest BCUT2D eigenvalue weighted by atomic mass is 16.6. The minimum Gasteiger partial charge on any atom is -0.504 e. The van der Waals surface area contributed by atoms with Gasteiger partial charge in [-0.15, -0.1) is 0 Å². The topological polar surface area (TPSA) is 73.2 Å². The van der Waals surface area contributed by atoms with Gasteiger partial charge in [-0.25, -0.2) is 0 Å². The molecular formula is C17H17NO4. The lowest BCUT2D eigenvalue weighted by atomic mass is 9.54. The fourth-order valence-corrected chi connectivity index (χ4v) is 4.82. The van der Waals surface area contributed by atoms with Crippen LogP contribution in [0, 0.1) is 5.92 Å². The highest BCUT2D eigenvalue weighted by Crippen LogP contribution is 2.62. The summed E-state index contributed by atoms with van der Waals surface area (Å²) in [6, 6.07) is 3.80. The molecule has 4 aliphatic rings. The van der Waals surface area contributed by atoms with Crippen LogP contribution in [0.5, 0.6) is 11.5 Å². The molecule has 22 heavy (non-hydrogen) atoms. The Morgan fingerprint density at radius 1 is 1.27 bits per heavy atom. The van der Waals surface area contributed by atoms with Gasteiger partial charge in [0, 0.05) is 24.6 Å². The van der Waals surface area contributed by atoms with Crippen LogP contribution in [-0.4, -0.2) is 45.2 Å². The second-order valence-electron chi connectivity index (χ2n) is 6.80. The summed E-state index contributed by atoms with van der Waals surface area (Å²) >= 11 is 0. The minimum atomic E-state index is -2.05. The minimum absolute atomic E-state index is 0.0582. The lowest BCUT2D eigenvalue weighted by Gasteiger charge is -2.54. The first-order chi connectivity index (χ1) is 10.4. The average molecular weight is 299 g/mol. The molecule has 2 heterocycles. The highest BCUT2D eigenvalue weighted by molar-refractivity contribution is 5.64. The number of benzene rings is 1. The monoisotopic (exact) mass is 299 g/mol. The molecule has 5 heteroatoms. The molecule has 4 atom stereocenters. The Hall–Kier alpha value is -1.98. The number of aromatic hydroxyl groups is 1. The zero-order valence-electron chi connectivity index (χ0n) is 12.1. The van der Waals surface area contributed by atoms with Crippen LogP contribution >= 0.6 is 0 Å². The van der Waals surface area contributed by atoms with Gasteiger partial charge in [0.15, 0.2) is 17.6 Å². The molecule has 2 bridgehead atoms. The van der Waals surface area contributed by atoms with Crippen molar-refractivity contribution in [1.82, 2.24) is 4.90 Å². The van der Waals surface area contributed by atoms with Gasteiger partial charge in [-0.1, -0.05) is 18.2 Å². The van der Waals surface area contributed by atoms with Crippen LogP contribution < -0.4 is 4.74 Å². The van der Waals surface area contributed by atoms with Crippen molar-refractivity contribution in [2.75, 3.05) is 7.05 Å². The molecule has 0 aromatic heterocycles. The first-order valence-corrected chi connectivity index (χ1v) is 7.52. The number of nitrogens with zero attached hydrogens (tertiary/aromatic N) is 1. The molecule has 1 aromatic rings. The lowest BCUT2D eigenvalue weighted by Crippen LogP contribution is -2.65. The third kappa shape index (κ3) is 1.16. The van der Waals surface area contributed by atoms with Crippen molar-refractivity contribution in [3.05, 3.63) is 47.7 Å². The Bertz CT molecular complexity index is 753. The van der Waals surface area contributed by atoms with Crippen LogP contribution in [-0.2, 0) is 11.8 Å². The van der Waals surface area contributed by atoms with Crippen molar-refractivity contribution < 1.29 is 20.1 Å². The van der Waals surface area contributed by atoms with Gasteiger partial charge in [0.25, 0.3) is 0 Å². The summed E-state index contributed by atoms with van der Waals surface area (Å²) in [7, 11) is 2.04. The summed E-state index contributed by atoms with van der Waals surface area (Å²) in [6.45, 7) is 0. The summed E-state index contributed by atoms with van der Waals surface area (Å²) in [5, 5.41) is 31.0. The number of hydrogen-bond donors (Lipinski definition) is 3. The molecule has 1 aromatic carbocycles. The van der Waals surface area contributed by atoms with Gasteiger partial charge in [0.05, 0.1) is 5.41 Å². The molecule has 0 amide bonds. The van der Waals surface area contributed by atoms with E-state index in [1.165, 1.54) is 6.08 Å². The third-order valence-corrected chi connectivity index (χ3v) is 5.76. The van der Waals surface area contributed by atoms with Crippen molar-refractivity contribution in [3.63, 3.8) is 0 Å². The fraction of sp³-hybridized carbons (Fsp3) is 0.412. The van der Waals surface area contributed by atoms with Crippen molar-refractivity contribution in [2.24, 2.45) is 5.92 Å². The highest BCUT2D eigenvalue weighted by Gasteiger charge is 2.66. The molecule has 0 saturated heterocycles. The van der Waals surface area contributed by atoms with Crippen LogP contribution in [0.15, 0.2) is 36.6 Å². The number of rotatable bonds is 0. The van der Waals surface area contributed by atoms with E-state index in [0.29, 0.717) is 5.75 Å². The number of aliphatic hydroxyl groups is 2. The van der Waals surface area contributed by atoms with Gasteiger partial charge in [0.1, 0.15) is 0 Å². The fourth-order valence-electron chi connectivity index (χ4n) is 4.82. The summed E-state index contributed by atoms with van der Waals surface area (Å²) in [5.41, 5.74) is 1.40. The standard InChI is InChI=1S/C17H17NO4/c1-18-7-6-16-10-4-5-17(20,21)15(16)22-14-12(19)3-2-9(13(14)16)8-11(10)18/h2-7,10-11,15,19-21H,8H2,1H3/t10-,11+,15+,16-/m0/s1. The third-order valence-electron chi connectivity index (χ3n) is 5.76. The van der Waals surface area contributed by atoms with Gasteiger partial charge in [-0.05, 0) is 30.3 Å². The maximum atomic E-state index is 10.4. The molecule has 0 fully saturated rings. The Kier molecular flexibility index (Phi) is 2.00. The lowest BCUT2D eigenvalue weighted by molar-refractivity contribution is -0.201. The predicted octanol–water partition coefficient (Wildman–Crippen LogP) is 0.642. The Balaban J connectivity index is 1.89. The largest absolute Gasteiger partial charge is 0.504 e. The summed E-state index contributed by atoms with van der Waals surface area (Å²) < 4.78 is 5.89. The molecule has 5 rings (SSSR count). The van der Waals surface area contributed by atoms with Gasteiger partial charge in [0.2, 0.25) is 5.79 Å². The molecule has 0 radical (unpaired) electrons. The van der Waals surface area contributed by atoms with Crippen molar-refractivity contribution in [1.29, 1.82) is 0 Å². The van der Waals surface area contributed by atoms with E-state index in [0.717, 1.165) is 17.5 Å². The number of phenols is 1. The van der Waals surface area contributed by atoms with Crippen LogP contribution in [0.2, 0.25) is 0 Å².